The Morgan fingerprint density at radius 3 is 2.41 bits per heavy atom. The Morgan fingerprint density at radius 2 is 1.74 bits per heavy atom. The van der Waals surface area contributed by atoms with Crippen molar-refractivity contribution in [2.24, 2.45) is 0 Å². The van der Waals surface area contributed by atoms with Crippen molar-refractivity contribution in [2.75, 3.05) is 26.0 Å². The number of aromatic amines is 1. The number of sulfone groups is 1. The van der Waals surface area contributed by atoms with E-state index in [1.165, 1.54) is 32.1 Å². The first-order valence-electron chi connectivity index (χ1n) is 9.85. The van der Waals surface area contributed by atoms with Gasteiger partial charge in [0.05, 0.1) is 17.8 Å². The molecule has 3 rings (SSSR count). The van der Waals surface area contributed by atoms with E-state index < -0.39 is 9.84 Å². The maximum atomic E-state index is 12.3. The van der Waals surface area contributed by atoms with Gasteiger partial charge in [-0.1, -0.05) is 26.2 Å². The van der Waals surface area contributed by atoms with E-state index in [0.29, 0.717) is 10.6 Å². The monoisotopic (exact) mass is 390 g/mol. The Bertz CT molecular complexity index is 850. The number of nitrogens with zero attached hydrogens (tertiary/aromatic N) is 1. The molecule has 0 saturated carbocycles. The lowest BCUT2D eigenvalue weighted by Gasteiger charge is -2.23. The third-order valence-corrected chi connectivity index (χ3v) is 7.02. The van der Waals surface area contributed by atoms with Crippen molar-refractivity contribution in [3.05, 3.63) is 36.0 Å². The van der Waals surface area contributed by atoms with Crippen LogP contribution in [0.4, 0.5) is 0 Å². The molecule has 5 nitrogen and oxygen atoms in total. The maximum absolute atomic E-state index is 12.3. The normalized spacial score (nSPS) is 16.7. The highest BCUT2D eigenvalue weighted by Crippen LogP contribution is 2.32. The van der Waals surface area contributed by atoms with Crippen LogP contribution < -0.4 is 4.74 Å². The van der Waals surface area contributed by atoms with Gasteiger partial charge in [0, 0.05) is 23.5 Å². The summed E-state index contributed by atoms with van der Waals surface area (Å²) in [7, 11) is -1.65. The molecule has 0 unspecified atom stereocenters. The van der Waals surface area contributed by atoms with Gasteiger partial charge in [0.15, 0.2) is 9.84 Å². The quantitative estimate of drug-likeness (QED) is 0.801. The van der Waals surface area contributed by atoms with Crippen molar-refractivity contribution >= 4 is 9.84 Å². The summed E-state index contributed by atoms with van der Waals surface area (Å²) < 4.78 is 30.0. The molecule has 27 heavy (non-hydrogen) atoms. The zero-order valence-electron chi connectivity index (χ0n) is 16.3. The summed E-state index contributed by atoms with van der Waals surface area (Å²) >= 11 is 0. The second-order valence-electron chi connectivity index (χ2n) is 7.21. The number of rotatable bonds is 6. The molecule has 148 valence electrons. The molecule has 0 aliphatic carbocycles. The summed E-state index contributed by atoms with van der Waals surface area (Å²) in [6.45, 7) is 4.84. The Hall–Kier alpha value is -1.79. The van der Waals surface area contributed by atoms with Gasteiger partial charge in [-0.2, -0.15) is 0 Å². The van der Waals surface area contributed by atoms with Gasteiger partial charge < -0.3 is 9.72 Å². The highest BCUT2D eigenvalue weighted by Gasteiger charge is 2.17. The molecule has 1 fully saturated rings. The molecule has 1 aromatic carbocycles. The first-order chi connectivity index (χ1) is 13.0. The van der Waals surface area contributed by atoms with E-state index in [9.17, 15) is 8.42 Å². The lowest BCUT2D eigenvalue weighted by atomic mass is 10.1. The molecule has 0 spiro atoms. The fourth-order valence-electron chi connectivity index (χ4n) is 3.66. The number of hydrogen-bond acceptors (Lipinski definition) is 4. The van der Waals surface area contributed by atoms with E-state index in [4.69, 9.17) is 4.74 Å². The van der Waals surface area contributed by atoms with E-state index in [0.717, 1.165) is 36.6 Å². The van der Waals surface area contributed by atoms with E-state index in [2.05, 4.69) is 16.0 Å². The Balaban J connectivity index is 1.83. The van der Waals surface area contributed by atoms with Crippen LogP contribution in [0.3, 0.4) is 0 Å². The van der Waals surface area contributed by atoms with Gasteiger partial charge in [-0.05, 0) is 56.3 Å². The average Bonchev–Trinajstić information content (AvgIpc) is 3.11. The van der Waals surface area contributed by atoms with Crippen LogP contribution in [0.25, 0.3) is 11.3 Å². The number of aromatic nitrogens is 1. The van der Waals surface area contributed by atoms with Gasteiger partial charge in [0.1, 0.15) is 5.75 Å². The van der Waals surface area contributed by atoms with Gasteiger partial charge in [0.25, 0.3) is 0 Å². The zero-order valence-corrected chi connectivity index (χ0v) is 17.1. The molecular weight excluding hydrogens is 360 g/mol. The summed E-state index contributed by atoms with van der Waals surface area (Å²) in [4.78, 5) is 6.31. The largest absolute Gasteiger partial charge is 0.496 e. The van der Waals surface area contributed by atoms with E-state index in [-0.39, 0.29) is 5.75 Å². The highest BCUT2D eigenvalue weighted by atomic mass is 32.2. The van der Waals surface area contributed by atoms with Crippen LogP contribution >= 0.6 is 0 Å². The summed E-state index contributed by atoms with van der Waals surface area (Å²) in [6.07, 6.45) is 6.53. The van der Waals surface area contributed by atoms with Crippen molar-refractivity contribution in [1.82, 2.24) is 9.88 Å². The SMILES string of the molecule is CCS(=O)(=O)c1ccc(OC)c(-c2ccc(CN3CCCCCCC3)[nH]2)c1. The highest BCUT2D eigenvalue weighted by molar-refractivity contribution is 7.91. The Morgan fingerprint density at radius 1 is 1.04 bits per heavy atom. The topological polar surface area (TPSA) is 62.4 Å². The van der Waals surface area contributed by atoms with Crippen molar-refractivity contribution < 1.29 is 13.2 Å². The Kier molecular flexibility index (Phi) is 6.60. The van der Waals surface area contributed by atoms with Crippen LogP contribution in [0.2, 0.25) is 0 Å². The smallest absolute Gasteiger partial charge is 0.178 e. The number of benzene rings is 1. The van der Waals surface area contributed by atoms with Crippen molar-refractivity contribution in [3.8, 4) is 17.0 Å². The van der Waals surface area contributed by atoms with Crippen molar-refractivity contribution in [1.29, 1.82) is 0 Å². The molecule has 0 radical (unpaired) electrons. The van der Waals surface area contributed by atoms with Gasteiger partial charge >= 0.3 is 0 Å². The zero-order chi connectivity index (χ0) is 19.3. The molecule has 2 heterocycles. The number of ether oxygens (including phenoxy) is 1. The second kappa shape index (κ2) is 8.93. The third kappa shape index (κ3) is 4.93. The summed E-state index contributed by atoms with van der Waals surface area (Å²) in [5.74, 6) is 0.758. The second-order valence-corrected chi connectivity index (χ2v) is 9.48. The van der Waals surface area contributed by atoms with E-state index in [1.807, 2.05) is 6.07 Å². The van der Waals surface area contributed by atoms with Crippen LogP contribution in [0.5, 0.6) is 5.75 Å². The van der Waals surface area contributed by atoms with E-state index >= 15 is 0 Å². The van der Waals surface area contributed by atoms with Crippen LogP contribution in [0.1, 0.15) is 44.7 Å². The van der Waals surface area contributed by atoms with Gasteiger partial charge in [0.2, 0.25) is 0 Å². The van der Waals surface area contributed by atoms with Crippen LogP contribution in [-0.4, -0.2) is 44.3 Å². The van der Waals surface area contributed by atoms with Crippen molar-refractivity contribution in [2.45, 2.75) is 50.5 Å². The number of methoxy groups -OCH3 is 1. The first kappa shape index (κ1) is 20.0. The maximum Gasteiger partial charge on any atom is 0.178 e. The molecule has 0 amide bonds. The first-order valence-corrected chi connectivity index (χ1v) is 11.5. The minimum atomic E-state index is -3.25. The van der Waals surface area contributed by atoms with Gasteiger partial charge in [-0.25, -0.2) is 8.42 Å². The lowest BCUT2D eigenvalue weighted by molar-refractivity contribution is 0.237. The molecule has 2 aromatic rings. The van der Waals surface area contributed by atoms with Crippen molar-refractivity contribution in [3.63, 3.8) is 0 Å². The minimum Gasteiger partial charge on any atom is -0.496 e. The van der Waals surface area contributed by atoms with Gasteiger partial charge in [-0.15, -0.1) is 0 Å². The molecule has 1 aliphatic rings. The average molecular weight is 391 g/mol. The fourth-order valence-corrected chi connectivity index (χ4v) is 4.57. The number of H-pyrrole nitrogens is 1. The molecule has 1 saturated heterocycles. The number of nitrogens with one attached hydrogen (secondary N) is 1. The predicted molar refractivity (Wildman–Crippen MR) is 109 cm³/mol. The van der Waals surface area contributed by atoms with E-state index in [1.54, 1.807) is 32.2 Å². The summed E-state index contributed by atoms with van der Waals surface area (Å²) in [5, 5.41) is 0. The molecule has 6 heteroatoms. The molecule has 1 N–H and O–H groups in total. The van der Waals surface area contributed by atoms with Crippen LogP contribution in [0.15, 0.2) is 35.2 Å². The minimum absolute atomic E-state index is 0.0870. The number of likely N-dealkylation sites (tertiary alicyclic amines) is 1. The summed E-state index contributed by atoms with van der Waals surface area (Å²) in [5.41, 5.74) is 2.82. The predicted octanol–water partition coefficient (Wildman–Crippen LogP) is 4.25. The van der Waals surface area contributed by atoms with Gasteiger partial charge in [-0.3, -0.25) is 4.90 Å². The number of hydrogen-bond donors (Lipinski definition) is 1. The molecule has 0 bridgehead atoms. The molecule has 0 atom stereocenters. The standard InChI is InChI=1S/C21H30N2O3S/c1-3-27(24,25)18-10-12-21(26-2)19(15-18)20-11-9-17(22-20)16-23-13-7-5-4-6-8-14-23/h9-12,15,22H,3-8,13-14,16H2,1-2H3. The fraction of sp³-hybridized carbons (Fsp3) is 0.524. The molecular formula is C21H30N2O3S. The molecule has 1 aromatic heterocycles. The molecule has 1 aliphatic heterocycles. The summed E-state index contributed by atoms with van der Waals surface area (Å²) in [6, 6.07) is 9.17. The lowest BCUT2D eigenvalue weighted by Crippen LogP contribution is -2.26. The van der Waals surface area contributed by atoms with Crippen LogP contribution in [0, 0.1) is 0 Å². The van der Waals surface area contributed by atoms with Crippen LogP contribution in [-0.2, 0) is 16.4 Å². The third-order valence-electron chi connectivity index (χ3n) is 5.29. The Labute approximate surface area is 162 Å².